The van der Waals surface area contributed by atoms with E-state index >= 15 is 0 Å². The number of carbonyl (C=O) groups excluding carboxylic acids is 1. The number of hydrogen-bond donors (Lipinski definition) is 0. The van der Waals surface area contributed by atoms with E-state index in [9.17, 15) is 13.2 Å². The van der Waals surface area contributed by atoms with Gasteiger partial charge in [-0.3, -0.25) is 4.79 Å². The van der Waals surface area contributed by atoms with Crippen LogP contribution in [0.25, 0.3) is 0 Å². The van der Waals surface area contributed by atoms with Gasteiger partial charge in [-0.1, -0.05) is 24.3 Å². The zero-order valence-electron chi connectivity index (χ0n) is 19.4. The Hall–Kier alpha value is -2.95. The van der Waals surface area contributed by atoms with E-state index in [0.717, 1.165) is 36.8 Å². The molecule has 1 aliphatic carbocycles. The maximum Gasteiger partial charge on any atom is 0.243 e. The Kier molecular flexibility index (Phi) is 7.50. The zero-order valence-corrected chi connectivity index (χ0v) is 20.3. The van der Waals surface area contributed by atoms with Crippen molar-refractivity contribution in [3.8, 4) is 6.07 Å². The Balaban J connectivity index is 1.42. The molecule has 2 aromatic carbocycles. The Morgan fingerprint density at radius 1 is 1.12 bits per heavy atom. The summed E-state index contributed by atoms with van der Waals surface area (Å²) in [6.07, 6.45) is 6.90. The molecule has 0 bridgehead atoms. The molecule has 1 aliphatic heterocycles. The van der Waals surface area contributed by atoms with E-state index in [1.807, 2.05) is 24.3 Å². The first-order valence-corrected chi connectivity index (χ1v) is 13.4. The highest BCUT2D eigenvalue weighted by Gasteiger charge is 2.34. The lowest BCUT2D eigenvalue weighted by Crippen LogP contribution is -2.44. The van der Waals surface area contributed by atoms with Gasteiger partial charge in [-0.25, -0.2) is 8.42 Å². The molecule has 0 atom stereocenters. The number of sulfonamides is 1. The fourth-order valence-electron chi connectivity index (χ4n) is 4.97. The van der Waals surface area contributed by atoms with Crippen LogP contribution in [0.3, 0.4) is 0 Å². The first-order valence-electron chi connectivity index (χ1n) is 11.9. The average molecular weight is 478 g/mol. The maximum atomic E-state index is 13.3. The molecule has 34 heavy (non-hydrogen) atoms. The molecule has 178 valence electrons. The second-order valence-corrected chi connectivity index (χ2v) is 11.1. The number of benzene rings is 2. The molecule has 0 saturated carbocycles. The molecular weight excluding hydrogens is 446 g/mol. The molecule has 7 heteroatoms. The van der Waals surface area contributed by atoms with Crippen LogP contribution < -0.4 is 0 Å². The van der Waals surface area contributed by atoms with Gasteiger partial charge in [0.25, 0.3) is 0 Å². The summed E-state index contributed by atoms with van der Waals surface area (Å²) in [4.78, 5) is 15.4. The van der Waals surface area contributed by atoms with Crippen molar-refractivity contribution >= 4 is 15.9 Å². The minimum absolute atomic E-state index is 0.00749. The number of fused-ring (bicyclic) bond motifs is 1. The molecule has 1 fully saturated rings. The highest BCUT2D eigenvalue weighted by molar-refractivity contribution is 7.89. The fourth-order valence-corrected chi connectivity index (χ4v) is 6.49. The average Bonchev–Trinajstić information content (AvgIpc) is 2.88. The van der Waals surface area contributed by atoms with Crippen molar-refractivity contribution in [3.63, 3.8) is 0 Å². The van der Waals surface area contributed by atoms with Crippen LogP contribution in [0.1, 0.15) is 47.9 Å². The van der Waals surface area contributed by atoms with Gasteiger partial charge in [0, 0.05) is 32.1 Å². The number of carbonyl (C=O) groups is 1. The SMILES string of the molecule is C=CCN(Cc1cccc(C#N)c1)C(=O)C1CCN(S(=O)(=O)c2ccc3c(c2)CCCC3)CC1. The van der Waals surface area contributed by atoms with Crippen LogP contribution in [0.4, 0.5) is 0 Å². The van der Waals surface area contributed by atoms with Crippen LogP contribution in [0.15, 0.2) is 60.0 Å². The monoisotopic (exact) mass is 477 g/mol. The topological polar surface area (TPSA) is 81.5 Å². The highest BCUT2D eigenvalue weighted by atomic mass is 32.2. The lowest BCUT2D eigenvalue weighted by Gasteiger charge is -2.33. The Morgan fingerprint density at radius 3 is 2.56 bits per heavy atom. The number of nitrogens with zero attached hydrogens (tertiary/aromatic N) is 3. The summed E-state index contributed by atoms with van der Waals surface area (Å²) < 4.78 is 28.1. The third-order valence-corrected chi connectivity index (χ3v) is 8.75. The van der Waals surface area contributed by atoms with Gasteiger partial charge in [0.1, 0.15) is 0 Å². The van der Waals surface area contributed by atoms with Gasteiger partial charge >= 0.3 is 0 Å². The zero-order chi connectivity index (χ0) is 24.1. The van der Waals surface area contributed by atoms with Crippen molar-refractivity contribution in [2.24, 2.45) is 5.92 Å². The molecule has 6 nitrogen and oxygen atoms in total. The molecule has 0 unspecified atom stereocenters. The number of amides is 1. The summed E-state index contributed by atoms with van der Waals surface area (Å²) in [6, 6.07) is 14.9. The summed E-state index contributed by atoms with van der Waals surface area (Å²) in [7, 11) is -3.57. The smallest absolute Gasteiger partial charge is 0.243 e. The van der Waals surface area contributed by atoms with Crippen LogP contribution in [-0.2, 0) is 34.2 Å². The molecule has 0 N–H and O–H groups in total. The van der Waals surface area contributed by atoms with Crippen molar-refractivity contribution in [3.05, 3.63) is 77.4 Å². The summed E-state index contributed by atoms with van der Waals surface area (Å²) in [5.41, 5.74) is 3.86. The van der Waals surface area contributed by atoms with Gasteiger partial charge in [-0.05, 0) is 79.5 Å². The largest absolute Gasteiger partial charge is 0.334 e. The third-order valence-electron chi connectivity index (χ3n) is 6.85. The van der Waals surface area contributed by atoms with Crippen LogP contribution in [0.2, 0.25) is 0 Å². The van der Waals surface area contributed by atoms with Crippen LogP contribution in [0.5, 0.6) is 0 Å². The Labute approximate surface area is 202 Å². The van der Waals surface area contributed by atoms with Gasteiger partial charge in [0.15, 0.2) is 0 Å². The molecule has 1 saturated heterocycles. The Morgan fingerprint density at radius 2 is 1.85 bits per heavy atom. The van der Waals surface area contributed by atoms with E-state index in [1.54, 1.807) is 29.2 Å². The molecule has 1 amide bonds. The van der Waals surface area contributed by atoms with Crippen molar-refractivity contribution < 1.29 is 13.2 Å². The van der Waals surface area contributed by atoms with Crippen LogP contribution in [0, 0.1) is 17.2 Å². The van der Waals surface area contributed by atoms with E-state index in [2.05, 4.69) is 12.6 Å². The third kappa shape index (κ3) is 5.24. The molecule has 2 aromatic rings. The quantitative estimate of drug-likeness (QED) is 0.564. The van der Waals surface area contributed by atoms with E-state index in [4.69, 9.17) is 5.26 Å². The normalized spacial score (nSPS) is 16.9. The standard InChI is InChI=1S/C27H31N3O3S/c1-2-14-29(20-22-7-5-6-21(17-22)19-28)27(31)24-12-15-30(16-13-24)34(32,33)26-11-10-23-8-3-4-9-25(23)18-26/h2,5-7,10-11,17-18,24H,1,3-4,8-9,12-16,20H2. The van der Waals surface area contributed by atoms with Gasteiger partial charge in [-0.2, -0.15) is 9.57 Å². The highest BCUT2D eigenvalue weighted by Crippen LogP contribution is 2.29. The maximum absolute atomic E-state index is 13.3. The van der Waals surface area contributed by atoms with E-state index in [1.165, 1.54) is 9.87 Å². The first-order chi connectivity index (χ1) is 16.4. The predicted molar refractivity (Wildman–Crippen MR) is 131 cm³/mol. The number of aryl methyl sites for hydroxylation is 2. The predicted octanol–water partition coefficient (Wildman–Crippen LogP) is 4.05. The summed E-state index contributed by atoms with van der Waals surface area (Å²) in [5.74, 6) is -0.220. The molecule has 0 aromatic heterocycles. The van der Waals surface area contributed by atoms with E-state index in [0.29, 0.717) is 49.5 Å². The van der Waals surface area contributed by atoms with Gasteiger partial charge in [0.05, 0.1) is 16.5 Å². The van der Waals surface area contributed by atoms with Crippen LogP contribution >= 0.6 is 0 Å². The minimum atomic E-state index is -3.57. The number of nitriles is 1. The lowest BCUT2D eigenvalue weighted by atomic mass is 9.92. The van der Waals surface area contributed by atoms with E-state index < -0.39 is 10.0 Å². The molecule has 0 spiro atoms. The van der Waals surface area contributed by atoms with Crippen molar-refractivity contribution in [2.75, 3.05) is 19.6 Å². The van der Waals surface area contributed by atoms with Gasteiger partial charge in [-0.15, -0.1) is 6.58 Å². The molecular formula is C27H31N3O3S. The van der Waals surface area contributed by atoms with Gasteiger partial charge in [0.2, 0.25) is 15.9 Å². The first kappa shape index (κ1) is 24.2. The Bertz CT molecular complexity index is 1210. The second-order valence-electron chi connectivity index (χ2n) is 9.14. The number of hydrogen-bond acceptors (Lipinski definition) is 4. The van der Waals surface area contributed by atoms with Crippen molar-refractivity contribution in [1.82, 2.24) is 9.21 Å². The number of rotatable bonds is 7. The van der Waals surface area contributed by atoms with Crippen molar-refractivity contribution in [2.45, 2.75) is 50.0 Å². The second kappa shape index (κ2) is 10.5. The summed E-state index contributed by atoms with van der Waals surface area (Å²) >= 11 is 0. The van der Waals surface area contributed by atoms with Gasteiger partial charge < -0.3 is 4.90 Å². The number of piperidine rings is 1. The molecule has 4 rings (SSSR count). The lowest BCUT2D eigenvalue weighted by molar-refractivity contribution is -0.136. The fraction of sp³-hybridized carbons (Fsp3) is 0.407. The van der Waals surface area contributed by atoms with Crippen LogP contribution in [-0.4, -0.2) is 43.2 Å². The molecule has 0 radical (unpaired) electrons. The summed E-state index contributed by atoms with van der Waals surface area (Å²) in [6.45, 7) is 5.25. The summed E-state index contributed by atoms with van der Waals surface area (Å²) in [5, 5.41) is 9.14. The minimum Gasteiger partial charge on any atom is -0.334 e. The van der Waals surface area contributed by atoms with Crippen molar-refractivity contribution in [1.29, 1.82) is 5.26 Å². The van der Waals surface area contributed by atoms with E-state index in [-0.39, 0.29) is 11.8 Å². The molecule has 1 heterocycles. The molecule has 2 aliphatic rings.